The van der Waals surface area contributed by atoms with Gasteiger partial charge >= 0.3 is 0 Å². The van der Waals surface area contributed by atoms with E-state index >= 15 is 0 Å². The van der Waals surface area contributed by atoms with Crippen molar-refractivity contribution in [2.75, 3.05) is 17.1 Å². The molecule has 2 aromatic carbocycles. The smallest absolute Gasteiger partial charge is 0.261 e. The molecule has 1 aliphatic carbocycles. The van der Waals surface area contributed by atoms with E-state index in [1.807, 2.05) is 0 Å². The Morgan fingerprint density at radius 1 is 0.963 bits per heavy atom. The first-order valence-corrected chi connectivity index (χ1v) is 10.5. The predicted octanol–water partition coefficient (Wildman–Crippen LogP) is 4.01. The van der Waals surface area contributed by atoms with Crippen LogP contribution in [0.5, 0.6) is 5.75 Å². The summed E-state index contributed by atoms with van der Waals surface area (Å²) in [5, 5.41) is 2.89. The third-order valence-electron chi connectivity index (χ3n) is 4.77. The van der Waals surface area contributed by atoms with Gasteiger partial charge in [0.05, 0.1) is 23.4 Å². The maximum Gasteiger partial charge on any atom is 0.261 e. The maximum absolute atomic E-state index is 12.7. The van der Waals surface area contributed by atoms with Crippen molar-refractivity contribution in [3.05, 3.63) is 48.5 Å². The molecule has 1 aliphatic rings. The van der Waals surface area contributed by atoms with Gasteiger partial charge in [-0.3, -0.25) is 9.52 Å². The summed E-state index contributed by atoms with van der Waals surface area (Å²) in [6.45, 7) is 0. The van der Waals surface area contributed by atoms with Gasteiger partial charge in [0.15, 0.2) is 0 Å². The van der Waals surface area contributed by atoms with Crippen molar-refractivity contribution in [3.63, 3.8) is 0 Å². The van der Waals surface area contributed by atoms with E-state index in [1.165, 1.54) is 25.7 Å². The molecule has 3 rings (SSSR count). The number of amides is 1. The molecular formula is C20H24N2O4S. The molecule has 7 heteroatoms. The Balaban J connectivity index is 1.77. The van der Waals surface area contributed by atoms with E-state index in [0.29, 0.717) is 17.1 Å². The van der Waals surface area contributed by atoms with Gasteiger partial charge < -0.3 is 10.1 Å². The van der Waals surface area contributed by atoms with Gasteiger partial charge in [0, 0.05) is 5.92 Å². The predicted molar refractivity (Wildman–Crippen MR) is 105 cm³/mol. The van der Waals surface area contributed by atoms with Crippen LogP contribution in [0.3, 0.4) is 0 Å². The number of methoxy groups -OCH3 is 1. The van der Waals surface area contributed by atoms with Crippen LogP contribution in [0.1, 0.15) is 32.1 Å². The third-order valence-corrected chi connectivity index (χ3v) is 6.16. The molecular weight excluding hydrogens is 364 g/mol. The fourth-order valence-electron chi connectivity index (χ4n) is 3.24. The molecule has 2 N–H and O–H groups in total. The van der Waals surface area contributed by atoms with Crippen LogP contribution >= 0.6 is 0 Å². The Labute approximate surface area is 160 Å². The monoisotopic (exact) mass is 388 g/mol. The standard InChI is InChI=1S/C20H24N2O4S/c1-26-16-11-13-17(14-12-16)27(24,25)22-19-10-6-5-9-18(19)21-20(23)15-7-3-2-4-8-15/h5-6,9-15,22H,2-4,7-8H2,1H3,(H,21,23). The second-order valence-electron chi connectivity index (χ2n) is 6.65. The Bertz CT molecular complexity index is 888. The lowest BCUT2D eigenvalue weighted by Crippen LogP contribution is -2.25. The minimum absolute atomic E-state index is 0.00926. The van der Waals surface area contributed by atoms with Crippen molar-refractivity contribution in [3.8, 4) is 5.75 Å². The van der Waals surface area contributed by atoms with Gasteiger partial charge in [-0.05, 0) is 49.2 Å². The molecule has 0 saturated heterocycles. The summed E-state index contributed by atoms with van der Waals surface area (Å²) in [7, 11) is -2.26. The lowest BCUT2D eigenvalue weighted by molar-refractivity contribution is -0.120. The van der Waals surface area contributed by atoms with E-state index in [1.54, 1.807) is 36.4 Å². The van der Waals surface area contributed by atoms with Crippen LogP contribution in [0, 0.1) is 5.92 Å². The van der Waals surface area contributed by atoms with Crippen LogP contribution in [0.2, 0.25) is 0 Å². The van der Waals surface area contributed by atoms with Crippen LogP contribution in [0.25, 0.3) is 0 Å². The van der Waals surface area contributed by atoms with Gasteiger partial charge in [-0.1, -0.05) is 31.4 Å². The SMILES string of the molecule is COc1ccc(S(=O)(=O)Nc2ccccc2NC(=O)C2CCCCC2)cc1. The van der Waals surface area contributed by atoms with Gasteiger partial charge in [0.1, 0.15) is 5.75 Å². The van der Waals surface area contributed by atoms with E-state index in [9.17, 15) is 13.2 Å². The summed E-state index contributed by atoms with van der Waals surface area (Å²) in [6.07, 6.45) is 5.05. The molecule has 0 unspecified atom stereocenters. The normalized spacial score (nSPS) is 15.1. The maximum atomic E-state index is 12.7. The number of sulfonamides is 1. The molecule has 0 radical (unpaired) electrons. The Kier molecular flexibility index (Phi) is 6.01. The lowest BCUT2D eigenvalue weighted by atomic mass is 9.88. The fourth-order valence-corrected chi connectivity index (χ4v) is 4.32. The molecule has 1 fully saturated rings. The van der Waals surface area contributed by atoms with E-state index < -0.39 is 10.0 Å². The number of anilines is 2. The summed E-state index contributed by atoms with van der Waals surface area (Å²) in [4.78, 5) is 12.6. The van der Waals surface area contributed by atoms with Crippen molar-refractivity contribution in [2.45, 2.75) is 37.0 Å². The molecule has 0 heterocycles. The number of hydrogen-bond donors (Lipinski definition) is 2. The number of nitrogens with one attached hydrogen (secondary N) is 2. The van der Waals surface area contributed by atoms with Gasteiger partial charge in [-0.15, -0.1) is 0 Å². The quantitative estimate of drug-likeness (QED) is 0.783. The molecule has 0 aromatic heterocycles. The number of carbonyl (C=O) groups excluding carboxylic acids is 1. The number of carbonyl (C=O) groups is 1. The highest BCUT2D eigenvalue weighted by atomic mass is 32.2. The zero-order valence-electron chi connectivity index (χ0n) is 15.3. The largest absolute Gasteiger partial charge is 0.497 e. The highest BCUT2D eigenvalue weighted by Crippen LogP contribution is 2.28. The van der Waals surface area contributed by atoms with Gasteiger partial charge in [0.25, 0.3) is 10.0 Å². The Morgan fingerprint density at radius 3 is 2.22 bits per heavy atom. The van der Waals surface area contributed by atoms with Gasteiger partial charge in [-0.2, -0.15) is 0 Å². The highest BCUT2D eigenvalue weighted by molar-refractivity contribution is 7.92. The summed E-state index contributed by atoms with van der Waals surface area (Å²) >= 11 is 0. The van der Waals surface area contributed by atoms with Crippen molar-refractivity contribution in [2.24, 2.45) is 5.92 Å². The second-order valence-corrected chi connectivity index (χ2v) is 8.33. The summed E-state index contributed by atoms with van der Waals surface area (Å²) < 4.78 is 33.0. The van der Waals surface area contributed by atoms with Crippen LogP contribution in [-0.2, 0) is 14.8 Å². The summed E-state index contributed by atoms with van der Waals surface area (Å²) in [5.41, 5.74) is 0.808. The van der Waals surface area contributed by atoms with Crippen LogP contribution in [-0.4, -0.2) is 21.4 Å². The number of benzene rings is 2. The van der Waals surface area contributed by atoms with Crippen molar-refractivity contribution >= 4 is 27.3 Å². The van der Waals surface area contributed by atoms with Crippen LogP contribution in [0.15, 0.2) is 53.4 Å². The lowest BCUT2D eigenvalue weighted by Gasteiger charge is -2.21. The molecule has 2 aromatic rings. The number of hydrogen-bond acceptors (Lipinski definition) is 4. The molecule has 0 spiro atoms. The summed E-state index contributed by atoms with van der Waals surface area (Å²) in [6, 6.07) is 13.0. The zero-order valence-corrected chi connectivity index (χ0v) is 16.1. The molecule has 6 nitrogen and oxygen atoms in total. The number of para-hydroxylation sites is 2. The van der Waals surface area contributed by atoms with Crippen LogP contribution < -0.4 is 14.8 Å². The molecule has 0 aliphatic heterocycles. The number of rotatable bonds is 6. The van der Waals surface area contributed by atoms with Crippen molar-refractivity contribution in [1.29, 1.82) is 0 Å². The first kappa shape index (κ1) is 19.2. The van der Waals surface area contributed by atoms with Gasteiger partial charge in [-0.25, -0.2) is 8.42 Å². The Morgan fingerprint density at radius 2 is 1.59 bits per heavy atom. The molecule has 27 heavy (non-hydrogen) atoms. The Hall–Kier alpha value is -2.54. The van der Waals surface area contributed by atoms with Crippen LogP contribution in [0.4, 0.5) is 11.4 Å². The van der Waals surface area contributed by atoms with Gasteiger partial charge in [0.2, 0.25) is 5.91 Å². The average Bonchev–Trinajstić information content (AvgIpc) is 2.70. The summed E-state index contributed by atoms with van der Waals surface area (Å²) in [5.74, 6) is 0.518. The average molecular weight is 388 g/mol. The highest BCUT2D eigenvalue weighted by Gasteiger charge is 2.22. The van der Waals surface area contributed by atoms with Crippen molar-refractivity contribution < 1.29 is 17.9 Å². The van der Waals surface area contributed by atoms with E-state index in [0.717, 1.165) is 25.7 Å². The fraction of sp³-hybridized carbons (Fsp3) is 0.350. The molecule has 144 valence electrons. The van der Waals surface area contributed by atoms with E-state index in [2.05, 4.69) is 10.0 Å². The second kappa shape index (κ2) is 8.43. The topological polar surface area (TPSA) is 84.5 Å². The minimum Gasteiger partial charge on any atom is -0.497 e. The minimum atomic E-state index is -3.78. The molecule has 0 atom stereocenters. The first-order valence-electron chi connectivity index (χ1n) is 9.06. The zero-order chi connectivity index (χ0) is 19.3. The van der Waals surface area contributed by atoms with E-state index in [-0.39, 0.29) is 16.7 Å². The molecule has 1 saturated carbocycles. The van der Waals surface area contributed by atoms with E-state index in [4.69, 9.17) is 4.74 Å². The van der Waals surface area contributed by atoms with Crippen molar-refractivity contribution in [1.82, 2.24) is 0 Å². The first-order chi connectivity index (χ1) is 13.0. The molecule has 0 bridgehead atoms. The molecule has 1 amide bonds. The third kappa shape index (κ3) is 4.80. The number of ether oxygens (including phenoxy) is 1.